The van der Waals surface area contributed by atoms with Gasteiger partial charge in [-0.25, -0.2) is 4.79 Å². The molecule has 0 saturated carbocycles. The number of amides is 2. The third-order valence-electron chi connectivity index (χ3n) is 3.41. The lowest BCUT2D eigenvalue weighted by Gasteiger charge is -2.31. The number of anilines is 2. The van der Waals surface area contributed by atoms with E-state index in [1.165, 1.54) is 6.42 Å². The number of nitrogens with zero attached hydrogens (tertiary/aromatic N) is 1. The van der Waals surface area contributed by atoms with Crippen molar-refractivity contribution < 1.29 is 9.53 Å². The van der Waals surface area contributed by atoms with Crippen LogP contribution >= 0.6 is 0 Å². The van der Waals surface area contributed by atoms with Gasteiger partial charge >= 0.3 is 6.03 Å². The molecule has 3 N–H and O–H groups in total. The molecule has 0 spiro atoms. The molecule has 0 radical (unpaired) electrons. The predicted molar refractivity (Wildman–Crippen MR) is 76.4 cm³/mol. The fourth-order valence-corrected chi connectivity index (χ4v) is 2.38. The van der Waals surface area contributed by atoms with E-state index in [1.807, 2.05) is 4.90 Å². The summed E-state index contributed by atoms with van der Waals surface area (Å²) in [6.07, 6.45) is 2.25. The highest BCUT2D eigenvalue weighted by Crippen LogP contribution is 2.27. The predicted octanol–water partition coefficient (Wildman–Crippen LogP) is 2.54. The van der Waals surface area contributed by atoms with E-state index < -0.39 is 0 Å². The number of piperidine rings is 1. The molecule has 1 heterocycles. The summed E-state index contributed by atoms with van der Waals surface area (Å²) >= 11 is 0. The van der Waals surface area contributed by atoms with Gasteiger partial charge in [0.25, 0.3) is 0 Å². The van der Waals surface area contributed by atoms with Crippen LogP contribution in [0, 0.1) is 5.92 Å². The minimum Gasteiger partial charge on any atom is -0.494 e. The van der Waals surface area contributed by atoms with Crippen molar-refractivity contribution in [1.29, 1.82) is 0 Å². The smallest absolute Gasteiger partial charge is 0.321 e. The first-order chi connectivity index (χ1) is 9.10. The summed E-state index contributed by atoms with van der Waals surface area (Å²) in [4.78, 5) is 14.0. The van der Waals surface area contributed by atoms with Crippen molar-refractivity contribution >= 4 is 17.4 Å². The molecule has 5 heteroatoms. The number of nitrogens with two attached hydrogens (primary N) is 1. The molecule has 1 atom stereocenters. The van der Waals surface area contributed by atoms with Crippen LogP contribution in [0.2, 0.25) is 0 Å². The van der Waals surface area contributed by atoms with Gasteiger partial charge < -0.3 is 20.7 Å². The van der Waals surface area contributed by atoms with Gasteiger partial charge in [-0.3, -0.25) is 0 Å². The summed E-state index contributed by atoms with van der Waals surface area (Å²) in [6.45, 7) is 3.79. The molecule has 1 fully saturated rings. The third kappa shape index (κ3) is 3.30. The van der Waals surface area contributed by atoms with Gasteiger partial charge in [0.05, 0.1) is 12.8 Å². The lowest BCUT2D eigenvalue weighted by atomic mass is 10.0. The highest BCUT2D eigenvalue weighted by molar-refractivity contribution is 5.91. The molecule has 1 aromatic carbocycles. The van der Waals surface area contributed by atoms with Crippen molar-refractivity contribution in [3.63, 3.8) is 0 Å². The molecule has 1 aliphatic heterocycles. The van der Waals surface area contributed by atoms with Crippen LogP contribution in [0.1, 0.15) is 19.8 Å². The number of benzene rings is 1. The molecular formula is C14H21N3O2. The number of carbonyl (C=O) groups excluding carboxylic acids is 1. The molecule has 0 bridgehead atoms. The van der Waals surface area contributed by atoms with Crippen LogP contribution in [0.5, 0.6) is 5.75 Å². The van der Waals surface area contributed by atoms with Crippen LogP contribution in [-0.2, 0) is 0 Å². The Bertz CT molecular complexity index is 462. The van der Waals surface area contributed by atoms with Gasteiger partial charge in [0.15, 0.2) is 0 Å². The number of nitrogens with one attached hydrogen (secondary N) is 1. The van der Waals surface area contributed by atoms with E-state index >= 15 is 0 Å². The molecule has 0 aliphatic carbocycles. The maximum atomic E-state index is 12.2. The minimum atomic E-state index is -0.0744. The normalized spacial score (nSPS) is 19.1. The van der Waals surface area contributed by atoms with Crippen molar-refractivity contribution in [3.8, 4) is 5.75 Å². The van der Waals surface area contributed by atoms with Crippen LogP contribution in [0.25, 0.3) is 0 Å². The molecule has 1 unspecified atom stereocenters. The minimum absolute atomic E-state index is 0.0744. The Labute approximate surface area is 113 Å². The average molecular weight is 263 g/mol. The first-order valence-electron chi connectivity index (χ1n) is 6.59. The van der Waals surface area contributed by atoms with Gasteiger partial charge in [-0.15, -0.1) is 0 Å². The standard InChI is InChI=1S/C14H21N3O2/c1-10-4-3-7-17(9-10)14(18)16-12-6-5-11(15)8-13(12)19-2/h5-6,8,10H,3-4,7,9,15H2,1-2H3,(H,16,18). The van der Waals surface area contributed by atoms with Crippen molar-refractivity contribution in [2.45, 2.75) is 19.8 Å². The summed E-state index contributed by atoms with van der Waals surface area (Å²) in [7, 11) is 1.56. The molecule has 1 aliphatic rings. The number of nitrogen functional groups attached to an aromatic ring is 1. The average Bonchev–Trinajstić information content (AvgIpc) is 2.40. The number of ether oxygens (including phenoxy) is 1. The Morgan fingerprint density at radius 1 is 1.53 bits per heavy atom. The lowest BCUT2D eigenvalue weighted by molar-refractivity contribution is 0.182. The zero-order chi connectivity index (χ0) is 13.8. The largest absolute Gasteiger partial charge is 0.494 e. The maximum Gasteiger partial charge on any atom is 0.321 e. The summed E-state index contributed by atoms with van der Waals surface area (Å²) in [6, 6.07) is 5.14. The molecular weight excluding hydrogens is 242 g/mol. The Hall–Kier alpha value is -1.91. The topological polar surface area (TPSA) is 67.6 Å². The molecule has 0 aromatic heterocycles. The second-order valence-corrected chi connectivity index (χ2v) is 5.08. The van der Waals surface area contributed by atoms with Crippen LogP contribution in [0.4, 0.5) is 16.2 Å². The lowest BCUT2D eigenvalue weighted by Crippen LogP contribution is -2.41. The summed E-state index contributed by atoms with van der Waals surface area (Å²) in [5, 5.41) is 2.89. The Kier molecular flexibility index (Phi) is 4.14. The van der Waals surface area contributed by atoms with E-state index in [9.17, 15) is 4.79 Å². The number of rotatable bonds is 2. The zero-order valence-corrected chi connectivity index (χ0v) is 11.5. The van der Waals surface area contributed by atoms with Gasteiger partial charge in [0.2, 0.25) is 0 Å². The monoisotopic (exact) mass is 263 g/mol. The SMILES string of the molecule is COc1cc(N)ccc1NC(=O)N1CCCC(C)C1. The number of carbonyl (C=O) groups is 1. The van der Waals surface area contributed by atoms with E-state index in [0.29, 0.717) is 23.0 Å². The third-order valence-corrected chi connectivity index (χ3v) is 3.41. The maximum absolute atomic E-state index is 12.2. The summed E-state index contributed by atoms with van der Waals surface area (Å²) in [5.74, 6) is 1.14. The van der Waals surface area contributed by atoms with E-state index in [1.54, 1.807) is 25.3 Å². The van der Waals surface area contributed by atoms with Crippen molar-refractivity contribution in [2.75, 3.05) is 31.2 Å². The van der Waals surface area contributed by atoms with Gasteiger partial charge in [-0.05, 0) is 30.9 Å². The number of hydrogen-bond acceptors (Lipinski definition) is 3. The quantitative estimate of drug-likeness (QED) is 0.806. The van der Waals surface area contributed by atoms with Gasteiger partial charge in [-0.1, -0.05) is 6.92 Å². The number of methoxy groups -OCH3 is 1. The summed E-state index contributed by atoms with van der Waals surface area (Å²) < 4.78 is 5.22. The number of urea groups is 1. The second kappa shape index (κ2) is 5.82. The van der Waals surface area contributed by atoms with E-state index in [0.717, 1.165) is 19.5 Å². The van der Waals surface area contributed by atoms with Crippen LogP contribution in [-0.4, -0.2) is 31.1 Å². The van der Waals surface area contributed by atoms with Gasteiger partial charge in [-0.2, -0.15) is 0 Å². The zero-order valence-electron chi connectivity index (χ0n) is 11.5. The molecule has 19 heavy (non-hydrogen) atoms. The van der Waals surface area contributed by atoms with Crippen LogP contribution in [0.3, 0.4) is 0 Å². The fourth-order valence-electron chi connectivity index (χ4n) is 2.38. The Morgan fingerprint density at radius 3 is 3.00 bits per heavy atom. The molecule has 5 nitrogen and oxygen atoms in total. The highest BCUT2D eigenvalue weighted by atomic mass is 16.5. The fraction of sp³-hybridized carbons (Fsp3) is 0.500. The Balaban J connectivity index is 2.06. The number of hydrogen-bond donors (Lipinski definition) is 2. The molecule has 104 valence electrons. The van der Waals surface area contributed by atoms with E-state index in [-0.39, 0.29) is 6.03 Å². The first kappa shape index (κ1) is 13.5. The van der Waals surface area contributed by atoms with E-state index in [4.69, 9.17) is 10.5 Å². The summed E-state index contributed by atoms with van der Waals surface area (Å²) in [5.41, 5.74) is 6.96. The second-order valence-electron chi connectivity index (χ2n) is 5.08. The van der Waals surface area contributed by atoms with E-state index in [2.05, 4.69) is 12.2 Å². The van der Waals surface area contributed by atoms with Crippen molar-refractivity contribution in [2.24, 2.45) is 5.92 Å². The van der Waals surface area contributed by atoms with Crippen LogP contribution in [0.15, 0.2) is 18.2 Å². The molecule has 1 aromatic rings. The Morgan fingerprint density at radius 2 is 2.32 bits per heavy atom. The first-order valence-corrected chi connectivity index (χ1v) is 6.59. The van der Waals surface area contributed by atoms with Crippen LogP contribution < -0.4 is 15.8 Å². The molecule has 2 amide bonds. The highest BCUT2D eigenvalue weighted by Gasteiger charge is 2.21. The molecule has 2 rings (SSSR count). The van der Waals surface area contributed by atoms with Gasteiger partial charge in [0.1, 0.15) is 5.75 Å². The van der Waals surface area contributed by atoms with Crippen molar-refractivity contribution in [3.05, 3.63) is 18.2 Å². The van der Waals surface area contributed by atoms with Crippen molar-refractivity contribution in [1.82, 2.24) is 4.90 Å². The number of likely N-dealkylation sites (tertiary alicyclic amines) is 1. The molecule has 1 saturated heterocycles. The van der Waals surface area contributed by atoms with Gasteiger partial charge in [0, 0.05) is 24.8 Å².